The molecule has 3 aromatic rings. The molecule has 0 unspecified atom stereocenters. The smallest absolute Gasteiger partial charge is 0.323 e. The minimum absolute atomic E-state index is 0.332. The SMILES string of the molecule is COc1ccc2nc(NC(=O)N(C)[C@@H](C)c3ccccc3F)sc2c1. The number of halogens is 1. The number of hydrogen-bond donors (Lipinski definition) is 1. The maximum Gasteiger partial charge on any atom is 0.323 e. The Bertz CT molecular complexity index is 912. The van der Waals surface area contributed by atoms with E-state index < -0.39 is 6.04 Å². The van der Waals surface area contributed by atoms with Crippen LogP contribution in [0, 0.1) is 5.82 Å². The Hall–Kier alpha value is -2.67. The van der Waals surface area contributed by atoms with Gasteiger partial charge in [-0.25, -0.2) is 14.2 Å². The van der Waals surface area contributed by atoms with E-state index in [4.69, 9.17) is 4.74 Å². The second-order valence-electron chi connectivity index (χ2n) is 5.59. The van der Waals surface area contributed by atoms with E-state index in [1.807, 2.05) is 18.2 Å². The van der Waals surface area contributed by atoms with E-state index in [0.717, 1.165) is 16.0 Å². The lowest BCUT2D eigenvalue weighted by Crippen LogP contribution is -2.33. The molecule has 0 spiro atoms. The van der Waals surface area contributed by atoms with Crippen LogP contribution in [0.15, 0.2) is 42.5 Å². The third kappa shape index (κ3) is 3.56. The molecule has 25 heavy (non-hydrogen) atoms. The van der Waals surface area contributed by atoms with Gasteiger partial charge in [-0.05, 0) is 31.2 Å². The molecule has 0 aliphatic carbocycles. The summed E-state index contributed by atoms with van der Waals surface area (Å²) in [6, 6.07) is 11.2. The van der Waals surface area contributed by atoms with E-state index >= 15 is 0 Å². The molecule has 2 aromatic carbocycles. The minimum Gasteiger partial charge on any atom is -0.497 e. The van der Waals surface area contributed by atoms with Crippen LogP contribution < -0.4 is 10.1 Å². The number of methoxy groups -OCH3 is 1. The molecular weight excluding hydrogens is 341 g/mol. The van der Waals surface area contributed by atoms with Crippen LogP contribution in [0.1, 0.15) is 18.5 Å². The fourth-order valence-electron chi connectivity index (χ4n) is 2.46. The van der Waals surface area contributed by atoms with Crippen molar-refractivity contribution in [2.45, 2.75) is 13.0 Å². The molecule has 3 rings (SSSR count). The molecule has 1 N–H and O–H groups in total. The lowest BCUT2D eigenvalue weighted by atomic mass is 10.1. The topological polar surface area (TPSA) is 54.5 Å². The summed E-state index contributed by atoms with van der Waals surface area (Å²) < 4.78 is 20.0. The van der Waals surface area contributed by atoms with E-state index in [-0.39, 0.29) is 11.8 Å². The molecule has 130 valence electrons. The summed E-state index contributed by atoms with van der Waals surface area (Å²) in [5.41, 5.74) is 1.25. The number of fused-ring (bicyclic) bond motifs is 1. The highest BCUT2D eigenvalue weighted by Crippen LogP contribution is 2.30. The van der Waals surface area contributed by atoms with E-state index in [9.17, 15) is 9.18 Å². The van der Waals surface area contributed by atoms with Crippen molar-refractivity contribution < 1.29 is 13.9 Å². The van der Waals surface area contributed by atoms with Gasteiger partial charge in [-0.2, -0.15) is 0 Å². The number of carbonyl (C=O) groups excluding carboxylic acids is 1. The standard InChI is InChI=1S/C18H18FN3O2S/c1-11(13-6-4-5-7-14(13)19)22(2)18(23)21-17-20-15-9-8-12(24-3)10-16(15)25-17/h4-11H,1-3H3,(H,20,21,23)/t11-/m0/s1. The van der Waals surface area contributed by atoms with Gasteiger partial charge in [-0.15, -0.1) is 0 Å². The third-order valence-corrected chi connectivity index (χ3v) is 5.00. The first kappa shape index (κ1) is 17.2. The predicted octanol–water partition coefficient (Wildman–Crippen LogP) is 4.67. The van der Waals surface area contributed by atoms with Crippen LogP contribution in [0.5, 0.6) is 5.75 Å². The first-order valence-corrected chi connectivity index (χ1v) is 8.54. The Labute approximate surface area is 149 Å². The Morgan fingerprint density at radius 3 is 2.80 bits per heavy atom. The summed E-state index contributed by atoms with van der Waals surface area (Å²) in [6.07, 6.45) is 0. The summed E-state index contributed by atoms with van der Waals surface area (Å²) in [7, 11) is 3.23. The van der Waals surface area contributed by atoms with Crippen molar-refractivity contribution in [1.82, 2.24) is 9.88 Å². The maximum absolute atomic E-state index is 13.9. The number of nitrogens with one attached hydrogen (secondary N) is 1. The number of thiazole rings is 1. The largest absolute Gasteiger partial charge is 0.497 e. The average molecular weight is 359 g/mol. The second-order valence-corrected chi connectivity index (χ2v) is 6.62. The van der Waals surface area contributed by atoms with Crippen LogP contribution in [0.25, 0.3) is 10.2 Å². The minimum atomic E-state index is -0.407. The number of ether oxygens (including phenoxy) is 1. The van der Waals surface area contributed by atoms with Gasteiger partial charge in [-0.1, -0.05) is 29.5 Å². The Morgan fingerprint density at radius 1 is 1.32 bits per heavy atom. The summed E-state index contributed by atoms with van der Waals surface area (Å²) in [5, 5.41) is 3.26. The Balaban J connectivity index is 1.76. The zero-order valence-electron chi connectivity index (χ0n) is 14.1. The Kier molecular flexibility index (Phi) is 4.85. The van der Waals surface area contributed by atoms with Gasteiger partial charge in [0.15, 0.2) is 5.13 Å². The maximum atomic E-state index is 13.9. The summed E-state index contributed by atoms with van der Waals surface area (Å²) >= 11 is 1.36. The van der Waals surface area contributed by atoms with Gasteiger partial charge in [0.1, 0.15) is 11.6 Å². The van der Waals surface area contributed by atoms with Crippen LogP contribution in [-0.4, -0.2) is 30.1 Å². The number of anilines is 1. The van der Waals surface area contributed by atoms with Crippen molar-refractivity contribution in [1.29, 1.82) is 0 Å². The highest BCUT2D eigenvalue weighted by molar-refractivity contribution is 7.22. The number of nitrogens with zero attached hydrogens (tertiary/aromatic N) is 2. The molecule has 5 nitrogen and oxygen atoms in total. The van der Waals surface area contributed by atoms with Gasteiger partial charge in [0.05, 0.1) is 23.4 Å². The normalized spacial score (nSPS) is 12.0. The first-order chi connectivity index (χ1) is 12.0. The number of carbonyl (C=O) groups is 1. The first-order valence-electron chi connectivity index (χ1n) is 7.72. The van der Waals surface area contributed by atoms with Crippen molar-refractivity contribution in [3.05, 3.63) is 53.8 Å². The van der Waals surface area contributed by atoms with Crippen molar-refractivity contribution in [3.63, 3.8) is 0 Å². The van der Waals surface area contributed by atoms with Gasteiger partial charge in [0.25, 0.3) is 0 Å². The van der Waals surface area contributed by atoms with Gasteiger partial charge in [0, 0.05) is 12.6 Å². The average Bonchev–Trinajstić information content (AvgIpc) is 3.01. The zero-order valence-corrected chi connectivity index (χ0v) is 14.9. The second kappa shape index (κ2) is 7.06. The van der Waals surface area contributed by atoms with Crippen molar-refractivity contribution in [3.8, 4) is 5.75 Å². The molecule has 0 fully saturated rings. The number of urea groups is 1. The third-order valence-electron chi connectivity index (χ3n) is 4.07. The molecule has 1 heterocycles. The van der Waals surface area contributed by atoms with Gasteiger partial charge < -0.3 is 9.64 Å². The lowest BCUT2D eigenvalue weighted by molar-refractivity contribution is 0.207. The number of hydrogen-bond acceptors (Lipinski definition) is 4. The molecule has 0 aliphatic rings. The highest BCUT2D eigenvalue weighted by Gasteiger charge is 2.21. The van der Waals surface area contributed by atoms with Gasteiger partial charge in [-0.3, -0.25) is 5.32 Å². The number of aromatic nitrogens is 1. The fraction of sp³-hybridized carbons (Fsp3) is 0.222. The van der Waals surface area contributed by atoms with Crippen molar-refractivity contribution in [2.75, 3.05) is 19.5 Å². The molecule has 0 saturated carbocycles. The fourth-order valence-corrected chi connectivity index (χ4v) is 3.35. The predicted molar refractivity (Wildman–Crippen MR) is 97.8 cm³/mol. The van der Waals surface area contributed by atoms with Crippen LogP contribution >= 0.6 is 11.3 Å². The molecule has 0 saturated heterocycles. The number of rotatable bonds is 4. The van der Waals surface area contributed by atoms with Crippen LogP contribution in [-0.2, 0) is 0 Å². The van der Waals surface area contributed by atoms with Crippen LogP contribution in [0.3, 0.4) is 0 Å². The molecule has 0 aliphatic heterocycles. The molecule has 1 aromatic heterocycles. The van der Waals surface area contributed by atoms with E-state index in [2.05, 4.69) is 10.3 Å². The van der Waals surface area contributed by atoms with Crippen molar-refractivity contribution >= 4 is 32.7 Å². The lowest BCUT2D eigenvalue weighted by Gasteiger charge is -2.25. The van der Waals surface area contributed by atoms with Gasteiger partial charge >= 0.3 is 6.03 Å². The molecular formula is C18H18FN3O2S. The monoisotopic (exact) mass is 359 g/mol. The molecule has 2 amide bonds. The number of amides is 2. The molecule has 0 radical (unpaired) electrons. The molecule has 7 heteroatoms. The van der Waals surface area contributed by atoms with Crippen molar-refractivity contribution in [2.24, 2.45) is 0 Å². The number of benzene rings is 2. The van der Waals surface area contributed by atoms with E-state index in [1.54, 1.807) is 39.3 Å². The van der Waals surface area contributed by atoms with Crippen LogP contribution in [0.4, 0.5) is 14.3 Å². The summed E-state index contributed by atoms with van der Waals surface area (Å²) in [4.78, 5) is 18.3. The summed E-state index contributed by atoms with van der Waals surface area (Å²) in [6.45, 7) is 1.78. The quantitative estimate of drug-likeness (QED) is 0.736. The van der Waals surface area contributed by atoms with Gasteiger partial charge in [0.2, 0.25) is 0 Å². The highest BCUT2D eigenvalue weighted by atomic mass is 32.1. The molecule has 1 atom stereocenters. The van der Waals surface area contributed by atoms with E-state index in [0.29, 0.717) is 10.7 Å². The zero-order chi connectivity index (χ0) is 18.0. The Morgan fingerprint density at radius 2 is 2.08 bits per heavy atom. The van der Waals surface area contributed by atoms with E-state index in [1.165, 1.54) is 22.3 Å². The van der Waals surface area contributed by atoms with Crippen LogP contribution in [0.2, 0.25) is 0 Å². The summed E-state index contributed by atoms with van der Waals surface area (Å²) in [5.74, 6) is 0.404. The molecule has 0 bridgehead atoms.